The first-order valence-electron chi connectivity index (χ1n) is 13.8. The Morgan fingerprint density at radius 1 is 1.15 bits per heavy atom. The average molecular weight is 629 g/mol. The Morgan fingerprint density at radius 2 is 1.80 bits per heavy atom. The van der Waals surface area contributed by atoms with E-state index in [-0.39, 0.29) is 55.5 Å². The number of likely N-dealkylation sites (tertiary alicyclic amines) is 1. The van der Waals surface area contributed by atoms with Crippen LogP contribution in [0.4, 0.5) is 0 Å². The minimum absolute atomic E-state index is 0. The fraction of sp³-hybridized carbons (Fsp3) is 0.586. The van der Waals surface area contributed by atoms with Crippen molar-refractivity contribution in [1.82, 2.24) is 25.8 Å². The van der Waals surface area contributed by atoms with Gasteiger partial charge >= 0.3 is 0 Å². The lowest BCUT2D eigenvalue weighted by molar-refractivity contribution is -0.144. The second kappa shape index (κ2) is 15.3. The number of carbonyl (C=O) groups is 3. The van der Waals surface area contributed by atoms with E-state index in [0.717, 1.165) is 47.6 Å². The summed E-state index contributed by atoms with van der Waals surface area (Å²) >= 11 is 1.59. The molecular formula is C29H43Cl2N5O4S. The number of rotatable bonds is 8. The summed E-state index contributed by atoms with van der Waals surface area (Å²) < 4.78 is 0. The van der Waals surface area contributed by atoms with Crippen molar-refractivity contribution in [2.45, 2.75) is 78.1 Å². The highest BCUT2D eigenvalue weighted by atomic mass is 35.5. The molecule has 0 aliphatic carbocycles. The fourth-order valence-corrected chi connectivity index (χ4v) is 6.16. The van der Waals surface area contributed by atoms with Gasteiger partial charge in [-0.3, -0.25) is 14.4 Å². The molecule has 1 aromatic heterocycles. The lowest BCUT2D eigenvalue weighted by Gasteiger charge is -2.35. The van der Waals surface area contributed by atoms with Crippen LogP contribution in [-0.2, 0) is 20.9 Å². The van der Waals surface area contributed by atoms with E-state index in [1.165, 1.54) is 4.90 Å². The molecule has 4 rings (SSSR count). The summed E-state index contributed by atoms with van der Waals surface area (Å²) in [6.07, 6.45) is 1.64. The van der Waals surface area contributed by atoms with Crippen molar-refractivity contribution in [2.24, 2.45) is 11.3 Å². The van der Waals surface area contributed by atoms with Crippen molar-refractivity contribution >= 4 is 53.9 Å². The van der Waals surface area contributed by atoms with Gasteiger partial charge in [-0.1, -0.05) is 45.0 Å². The zero-order chi connectivity index (χ0) is 28.2. The Balaban J connectivity index is 0.00000294. The molecule has 2 aliphatic rings. The molecule has 228 valence electrons. The second-order valence-electron chi connectivity index (χ2n) is 11.8. The van der Waals surface area contributed by atoms with Crippen LogP contribution in [0.3, 0.4) is 0 Å². The summed E-state index contributed by atoms with van der Waals surface area (Å²) in [6.45, 7) is 9.86. The first-order chi connectivity index (χ1) is 18.5. The molecule has 3 atom stereocenters. The molecule has 4 N–H and O–H groups in total. The monoisotopic (exact) mass is 627 g/mol. The number of piperidine rings is 1. The number of amides is 3. The second-order valence-corrected chi connectivity index (χ2v) is 12.7. The molecule has 41 heavy (non-hydrogen) atoms. The van der Waals surface area contributed by atoms with Crippen molar-refractivity contribution in [3.05, 3.63) is 41.0 Å². The van der Waals surface area contributed by atoms with E-state index in [0.29, 0.717) is 18.9 Å². The highest BCUT2D eigenvalue weighted by Crippen LogP contribution is 2.28. The number of halogens is 2. The molecule has 0 unspecified atom stereocenters. The number of β-amino-alcohol motifs (C(OH)–C–C–N with tert-alkyl or cyclic N) is 1. The first kappa shape index (κ1) is 35.0. The molecule has 2 aromatic rings. The number of aliphatic hydroxyl groups is 1. The summed E-state index contributed by atoms with van der Waals surface area (Å²) in [5.74, 6) is -0.486. The Bertz CT molecular complexity index is 1160. The average Bonchev–Trinajstić information content (AvgIpc) is 3.51. The van der Waals surface area contributed by atoms with Gasteiger partial charge in [-0.25, -0.2) is 4.98 Å². The third kappa shape index (κ3) is 9.12. The summed E-state index contributed by atoms with van der Waals surface area (Å²) in [6, 6.07) is 6.37. The molecule has 1 aromatic carbocycles. The molecule has 2 saturated heterocycles. The zero-order valence-corrected chi connectivity index (χ0v) is 26.6. The van der Waals surface area contributed by atoms with Gasteiger partial charge in [0.05, 0.1) is 22.2 Å². The zero-order valence-electron chi connectivity index (χ0n) is 24.1. The van der Waals surface area contributed by atoms with Gasteiger partial charge in [0.25, 0.3) is 0 Å². The van der Waals surface area contributed by atoms with Gasteiger partial charge in [-0.15, -0.1) is 36.2 Å². The standard InChI is InChI=1S/C29H41N5O4S.2ClH/c1-18-25(39-17-32-18)21-7-5-20(6-8-21)15-31-27(37)23-14-22(35)16-34(23)28(38)26(29(2,3)4)33-24(36)13-19-9-11-30-12-10-19;;/h5-8,17,19,22-23,26,30,35H,9-16H2,1-4H3,(H,31,37)(H,33,36);2*1H/t22-,23+,26-;;/m1../s1. The molecule has 3 heterocycles. The highest BCUT2D eigenvalue weighted by Gasteiger charge is 2.44. The lowest BCUT2D eigenvalue weighted by Crippen LogP contribution is -2.57. The van der Waals surface area contributed by atoms with Crippen LogP contribution in [0.15, 0.2) is 29.8 Å². The van der Waals surface area contributed by atoms with Crippen LogP contribution in [-0.4, -0.2) is 70.5 Å². The maximum atomic E-state index is 13.7. The van der Waals surface area contributed by atoms with Crippen molar-refractivity contribution < 1.29 is 19.5 Å². The van der Waals surface area contributed by atoms with Crippen LogP contribution in [0.5, 0.6) is 0 Å². The van der Waals surface area contributed by atoms with Gasteiger partial charge < -0.3 is 26.0 Å². The first-order valence-corrected chi connectivity index (χ1v) is 14.7. The van der Waals surface area contributed by atoms with Crippen LogP contribution in [0.25, 0.3) is 10.4 Å². The number of aliphatic hydroxyl groups excluding tert-OH is 1. The van der Waals surface area contributed by atoms with Crippen LogP contribution in [0.2, 0.25) is 0 Å². The highest BCUT2D eigenvalue weighted by molar-refractivity contribution is 7.13. The van der Waals surface area contributed by atoms with E-state index < -0.39 is 23.6 Å². The van der Waals surface area contributed by atoms with E-state index in [2.05, 4.69) is 20.9 Å². The predicted octanol–water partition coefficient (Wildman–Crippen LogP) is 3.46. The number of hydrogen-bond acceptors (Lipinski definition) is 7. The number of thiazole rings is 1. The van der Waals surface area contributed by atoms with Crippen molar-refractivity contribution in [1.29, 1.82) is 0 Å². The molecule has 0 bridgehead atoms. The molecule has 2 aliphatic heterocycles. The number of benzene rings is 1. The Hall–Kier alpha value is -2.24. The number of aryl methyl sites for hydroxylation is 1. The van der Waals surface area contributed by atoms with Crippen LogP contribution in [0, 0.1) is 18.3 Å². The minimum atomic E-state index is -0.796. The topological polar surface area (TPSA) is 124 Å². The van der Waals surface area contributed by atoms with E-state index >= 15 is 0 Å². The van der Waals surface area contributed by atoms with Gasteiger partial charge in [0.1, 0.15) is 12.1 Å². The van der Waals surface area contributed by atoms with Crippen LogP contribution < -0.4 is 16.0 Å². The van der Waals surface area contributed by atoms with Crippen LogP contribution >= 0.6 is 36.2 Å². The number of hydrogen-bond donors (Lipinski definition) is 4. The number of nitrogens with zero attached hydrogens (tertiary/aromatic N) is 2. The largest absolute Gasteiger partial charge is 0.391 e. The lowest BCUT2D eigenvalue weighted by atomic mass is 9.85. The van der Waals surface area contributed by atoms with Gasteiger partial charge in [0.15, 0.2) is 0 Å². The molecule has 0 spiro atoms. The predicted molar refractivity (Wildman–Crippen MR) is 166 cm³/mol. The minimum Gasteiger partial charge on any atom is -0.391 e. The number of aromatic nitrogens is 1. The molecule has 2 fully saturated rings. The van der Waals surface area contributed by atoms with Gasteiger partial charge in [0.2, 0.25) is 17.7 Å². The normalized spacial score (nSPS) is 20.0. The SMILES string of the molecule is Cc1ncsc1-c1ccc(CNC(=O)[C@@H]2C[C@@H](O)CN2C(=O)[C@@H](NC(=O)CC2CCNCC2)C(C)(C)C)cc1.Cl.Cl. The van der Waals surface area contributed by atoms with Crippen molar-refractivity contribution in [3.63, 3.8) is 0 Å². The molecule has 0 saturated carbocycles. The summed E-state index contributed by atoms with van der Waals surface area (Å²) in [5, 5.41) is 19.6. The van der Waals surface area contributed by atoms with E-state index in [9.17, 15) is 19.5 Å². The van der Waals surface area contributed by atoms with E-state index in [4.69, 9.17) is 0 Å². The van der Waals surface area contributed by atoms with Crippen LogP contribution in [0.1, 0.15) is 57.7 Å². The quantitative estimate of drug-likeness (QED) is 0.355. The van der Waals surface area contributed by atoms with Crippen molar-refractivity contribution in [2.75, 3.05) is 19.6 Å². The van der Waals surface area contributed by atoms with Gasteiger partial charge in [-0.2, -0.15) is 0 Å². The summed E-state index contributed by atoms with van der Waals surface area (Å²) in [4.78, 5) is 46.7. The Labute approximate surface area is 259 Å². The maximum absolute atomic E-state index is 13.7. The smallest absolute Gasteiger partial charge is 0.246 e. The van der Waals surface area contributed by atoms with Gasteiger partial charge in [0, 0.05) is 25.9 Å². The summed E-state index contributed by atoms with van der Waals surface area (Å²) in [7, 11) is 0. The maximum Gasteiger partial charge on any atom is 0.246 e. The third-order valence-corrected chi connectivity index (χ3v) is 8.62. The Kier molecular flexibility index (Phi) is 13.0. The molecule has 9 nitrogen and oxygen atoms in total. The van der Waals surface area contributed by atoms with Gasteiger partial charge in [-0.05, 0) is 55.3 Å². The molecular weight excluding hydrogens is 585 g/mol. The summed E-state index contributed by atoms with van der Waals surface area (Å²) in [5.41, 5.74) is 4.26. The van der Waals surface area contributed by atoms with Crippen molar-refractivity contribution in [3.8, 4) is 10.4 Å². The molecule has 0 radical (unpaired) electrons. The Morgan fingerprint density at radius 3 is 2.39 bits per heavy atom. The van der Waals surface area contributed by atoms with E-state index in [1.807, 2.05) is 57.5 Å². The number of nitrogens with one attached hydrogen (secondary N) is 3. The fourth-order valence-electron chi connectivity index (χ4n) is 5.35. The molecule has 3 amide bonds. The number of carbonyl (C=O) groups excluding carboxylic acids is 3. The third-order valence-electron chi connectivity index (χ3n) is 7.64. The molecule has 12 heteroatoms. The van der Waals surface area contributed by atoms with E-state index in [1.54, 1.807) is 11.3 Å².